The summed E-state index contributed by atoms with van der Waals surface area (Å²) in [6.45, 7) is 5.69. The van der Waals surface area contributed by atoms with E-state index in [9.17, 15) is 9.90 Å². The van der Waals surface area contributed by atoms with Crippen LogP contribution in [-0.2, 0) is 6.42 Å². The van der Waals surface area contributed by atoms with Crippen LogP contribution in [0.3, 0.4) is 0 Å². The number of unbranched alkanes of at least 4 members (excludes halogenated alkanes) is 1. The van der Waals surface area contributed by atoms with Crippen LogP contribution in [0.5, 0.6) is 0 Å². The third kappa shape index (κ3) is 4.46. The predicted octanol–water partition coefficient (Wildman–Crippen LogP) is 4.22. The number of aliphatic hydroxyl groups excluding tert-OH is 1. The molecule has 0 saturated heterocycles. The zero-order chi connectivity index (χ0) is 20.1. The number of aryl methyl sites for hydroxylation is 1. The van der Waals surface area contributed by atoms with Gasteiger partial charge in [-0.25, -0.2) is 4.68 Å². The van der Waals surface area contributed by atoms with Gasteiger partial charge < -0.3 is 10.4 Å². The quantitative estimate of drug-likeness (QED) is 0.645. The van der Waals surface area contributed by atoms with E-state index in [-0.39, 0.29) is 11.6 Å². The molecule has 0 spiro atoms. The van der Waals surface area contributed by atoms with Gasteiger partial charge in [-0.1, -0.05) is 42.8 Å². The summed E-state index contributed by atoms with van der Waals surface area (Å²) >= 11 is 0. The average Bonchev–Trinajstić information content (AvgIpc) is 3.08. The molecule has 0 aliphatic rings. The van der Waals surface area contributed by atoms with Crippen molar-refractivity contribution in [3.8, 4) is 5.69 Å². The SMILES string of the molecule is CCCCc1ccc(-n2nnc(C(=O)Nc3cccc([C@@H](C)O)c3)c2C)cc1. The van der Waals surface area contributed by atoms with Gasteiger partial charge in [-0.15, -0.1) is 5.10 Å². The van der Waals surface area contributed by atoms with Crippen molar-refractivity contribution in [2.24, 2.45) is 0 Å². The Morgan fingerprint density at radius 1 is 1.21 bits per heavy atom. The molecule has 1 amide bonds. The topological polar surface area (TPSA) is 80.0 Å². The van der Waals surface area contributed by atoms with Crippen LogP contribution in [0.1, 0.15) is 60.1 Å². The third-order valence-electron chi connectivity index (χ3n) is 4.74. The first-order chi connectivity index (χ1) is 13.5. The Bertz CT molecular complexity index is 945. The van der Waals surface area contributed by atoms with Crippen LogP contribution >= 0.6 is 0 Å². The number of carbonyl (C=O) groups is 1. The highest BCUT2D eigenvalue weighted by Crippen LogP contribution is 2.19. The number of amides is 1. The van der Waals surface area contributed by atoms with Crippen LogP contribution in [0, 0.1) is 6.92 Å². The molecule has 1 aromatic heterocycles. The van der Waals surface area contributed by atoms with E-state index in [1.54, 1.807) is 29.8 Å². The zero-order valence-corrected chi connectivity index (χ0v) is 16.5. The number of benzene rings is 2. The monoisotopic (exact) mass is 378 g/mol. The number of nitrogens with zero attached hydrogens (tertiary/aromatic N) is 3. The van der Waals surface area contributed by atoms with Gasteiger partial charge in [0, 0.05) is 5.69 Å². The van der Waals surface area contributed by atoms with Gasteiger partial charge in [0.25, 0.3) is 5.91 Å². The van der Waals surface area contributed by atoms with E-state index in [1.165, 1.54) is 18.4 Å². The van der Waals surface area contributed by atoms with E-state index in [4.69, 9.17) is 0 Å². The Labute approximate surface area is 165 Å². The van der Waals surface area contributed by atoms with Crippen molar-refractivity contribution in [2.75, 3.05) is 5.32 Å². The highest BCUT2D eigenvalue weighted by Gasteiger charge is 2.18. The number of aliphatic hydroxyl groups is 1. The van der Waals surface area contributed by atoms with E-state index < -0.39 is 6.10 Å². The van der Waals surface area contributed by atoms with Crippen molar-refractivity contribution in [3.05, 3.63) is 71.0 Å². The molecule has 0 saturated carbocycles. The van der Waals surface area contributed by atoms with Crippen LogP contribution in [0.15, 0.2) is 48.5 Å². The van der Waals surface area contributed by atoms with E-state index in [0.717, 1.165) is 17.7 Å². The maximum atomic E-state index is 12.6. The van der Waals surface area contributed by atoms with Crippen molar-refractivity contribution in [2.45, 2.75) is 46.1 Å². The van der Waals surface area contributed by atoms with E-state index >= 15 is 0 Å². The first-order valence-corrected chi connectivity index (χ1v) is 9.60. The summed E-state index contributed by atoms with van der Waals surface area (Å²) in [6, 6.07) is 15.3. The maximum Gasteiger partial charge on any atom is 0.278 e. The molecular formula is C22H26N4O2. The standard InChI is InChI=1S/C22H26N4O2/c1-4-5-7-17-10-12-20(13-11-17)26-15(2)21(24-25-26)22(28)23-19-9-6-8-18(14-19)16(3)27/h6,8-14,16,27H,4-5,7H2,1-3H3,(H,23,28)/t16-/m1/s1. The van der Waals surface area contributed by atoms with Gasteiger partial charge in [0.05, 0.1) is 17.5 Å². The first kappa shape index (κ1) is 19.8. The highest BCUT2D eigenvalue weighted by molar-refractivity contribution is 6.03. The zero-order valence-electron chi connectivity index (χ0n) is 16.5. The van der Waals surface area contributed by atoms with Crippen molar-refractivity contribution in [1.82, 2.24) is 15.0 Å². The van der Waals surface area contributed by atoms with Gasteiger partial charge in [0.2, 0.25) is 0 Å². The van der Waals surface area contributed by atoms with Gasteiger partial charge in [0.1, 0.15) is 0 Å². The second-order valence-electron chi connectivity index (χ2n) is 6.96. The Hall–Kier alpha value is -2.99. The van der Waals surface area contributed by atoms with Gasteiger partial charge in [0.15, 0.2) is 5.69 Å². The smallest absolute Gasteiger partial charge is 0.278 e. The van der Waals surface area contributed by atoms with E-state index in [0.29, 0.717) is 11.4 Å². The molecule has 0 radical (unpaired) electrons. The van der Waals surface area contributed by atoms with Crippen LogP contribution < -0.4 is 5.32 Å². The minimum absolute atomic E-state index is 0.275. The van der Waals surface area contributed by atoms with Gasteiger partial charge >= 0.3 is 0 Å². The Kier molecular flexibility index (Phi) is 6.21. The predicted molar refractivity (Wildman–Crippen MR) is 110 cm³/mol. The first-order valence-electron chi connectivity index (χ1n) is 9.60. The summed E-state index contributed by atoms with van der Waals surface area (Å²) in [4.78, 5) is 12.6. The molecule has 0 aliphatic carbocycles. The number of hydrogen-bond donors (Lipinski definition) is 2. The van der Waals surface area contributed by atoms with Crippen LogP contribution in [0.25, 0.3) is 5.69 Å². The molecule has 1 atom stereocenters. The van der Waals surface area contributed by atoms with E-state index in [2.05, 4.69) is 34.7 Å². The fourth-order valence-electron chi connectivity index (χ4n) is 3.04. The van der Waals surface area contributed by atoms with Crippen molar-refractivity contribution >= 4 is 11.6 Å². The fraction of sp³-hybridized carbons (Fsp3) is 0.318. The molecule has 0 unspecified atom stereocenters. The molecule has 6 nitrogen and oxygen atoms in total. The number of hydrogen-bond acceptors (Lipinski definition) is 4. The second-order valence-corrected chi connectivity index (χ2v) is 6.96. The molecule has 2 aromatic carbocycles. The van der Waals surface area contributed by atoms with Crippen molar-refractivity contribution in [3.63, 3.8) is 0 Å². The van der Waals surface area contributed by atoms with E-state index in [1.807, 2.05) is 25.1 Å². The summed E-state index contributed by atoms with van der Waals surface area (Å²) < 4.78 is 1.67. The number of anilines is 1. The third-order valence-corrected chi connectivity index (χ3v) is 4.74. The molecule has 2 N–H and O–H groups in total. The van der Waals surface area contributed by atoms with Crippen LogP contribution in [0.4, 0.5) is 5.69 Å². The second kappa shape index (κ2) is 8.80. The van der Waals surface area contributed by atoms with Crippen molar-refractivity contribution < 1.29 is 9.90 Å². The summed E-state index contributed by atoms with van der Waals surface area (Å²) in [6.07, 6.45) is 2.80. The number of rotatable bonds is 7. The minimum Gasteiger partial charge on any atom is -0.389 e. The molecule has 3 aromatic rings. The molecule has 3 rings (SSSR count). The molecule has 0 fully saturated rings. The Morgan fingerprint density at radius 3 is 2.64 bits per heavy atom. The molecule has 28 heavy (non-hydrogen) atoms. The average molecular weight is 378 g/mol. The number of nitrogens with one attached hydrogen (secondary N) is 1. The van der Waals surface area contributed by atoms with Crippen LogP contribution in [0.2, 0.25) is 0 Å². The summed E-state index contributed by atoms with van der Waals surface area (Å²) in [5, 5.41) is 20.7. The van der Waals surface area contributed by atoms with Gasteiger partial charge in [-0.3, -0.25) is 4.79 Å². The Balaban J connectivity index is 1.77. The maximum absolute atomic E-state index is 12.6. The lowest BCUT2D eigenvalue weighted by Crippen LogP contribution is -2.14. The highest BCUT2D eigenvalue weighted by atomic mass is 16.3. The lowest BCUT2D eigenvalue weighted by Gasteiger charge is -2.09. The molecule has 1 heterocycles. The summed E-state index contributed by atoms with van der Waals surface area (Å²) in [5.74, 6) is -0.328. The molecule has 146 valence electrons. The number of carbonyl (C=O) groups excluding carboxylic acids is 1. The summed E-state index contributed by atoms with van der Waals surface area (Å²) in [7, 11) is 0. The van der Waals surface area contributed by atoms with Crippen LogP contribution in [-0.4, -0.2) is 26.0 Å². The lowest BCUT2D eigenvalue weighted by atomic mass is 10.1. The van der Waals surface area contributed by atoms with Crippen molar-refractivity contribution in [1.29, 1.82) is 0 Å². The minimum atomic E-state index is -0.597. The summed E-state index contributed by atoms with van der Waals surface area (Å²) in [5.41, 5.74) is 4.46. The van der Waals surface area contributed by atoms with Gasteiger partial charge in [-0.2, -0.15) is 0 Å². The molecular weight excluding hydrogens is 352 g/mol. The van der Waals surface area contributed by atoms with Gasteiger partial charge in [-0.05, 0) is 62.1 Å². The largest absolute Gasteiger partial charge is 0.389 e. The molecule has 0 bridgehead atoms. The normalized spacial score (nSPS) is 12.0. The number of aromatic nitrogens is 3. The fourth-order valence-corrected chi connectivity index (χ4v) is 3.04. The molecule has 6 heteroatoms. The lowest BCUT2D eigenvalue weighted by molar-refractivity contribution is 0.102. The Morgan fingerprint density at radius 2 is 1.96 bits per heavy atom. The molecule has 0 aliphatic heterocycles.